The molecule has 0 bridgehead atoms. The van der Waals surface area contributed by atoms with Crippen molar-refractivity contribution in [2.75, 3.05) is 0 Å². The molecule has 4 nitrogen and oxygen atoms in total. The van der Waals surface area contributed by atoms with Gasteiger partial charge in [0.1, 0.15) is 0 Å². The van der Waals surface area contributed by atoms with E-state index in [1.54, 1.807) is 12.1 Å². The van der Waals surface area contributed by atoms with Gasteiger partial charge in [0.25, 0.3) is 0 Å². The van der Waals surface area contributed by atoms with Crippen molar-refractivity contribution in [2.45, 2.75) is 37.6 Å². The summed E-state index contributed by atoms with van der Waals surface area (Å²) < 4.78 is 28.6. The first kappa shape index (κ1) is 18.0. The molecule has 0 aliphatic rings. The number of nitrogens with two attached hydrogens (primary N) is 1. The smallest absolute Gasteiger partial charge is 0.242 e. The lowest BCUT2D eigenvalue weighted by Gasteiger charge is -2.18. The van der Waals surface area contributed by atoms with E-state index in [2.05, 4.69) is 36.6 Å². The maximum atomic E-state index is 12.4. The van der Waals surface area contributed by atoms with Crippen LogP contribution < -0.4 is 10.5 Å². The van der Waals surface area contributed by atoms with Crippen molar-refractivity contribution in [3.63, 3.8) is 0 Å². The van der Waals surface area contributed by atoms with Gasteiger partial charge in [0.05, 0.1) is 15.9 Å². The van der Waals surface area contributed by atoms with E-state index >= 15 is 0 Å². The third-order valence-electron chi connectivity index (χ3n) is 2.72. The molecule has 1 unspecified atom stereocenters. The Morgan fingerprint density at radius 2 is 2.00 bits per heavy atom. The summed E-state index contributed by atoms with van der Waals surface area (Å²) in [6.07, 6.45) is 1.35. The van der Waals surface area contributed by atoms with Crippen LogP contribution in [0.4, 0.5) is 0 Å². The Morgan fingerprint density at radius 3 is 2.50 bits per heavy atom. The topological polar surface area (TPSA) is 72.2 Å². The van der Waals surface area contributed by atoms with Gasteiger partial charge in [0.15, 0.2) is 0 Å². The molecular formula is C12H16Br2N2O2S2. The number of rotatable bonds is 6. The SMILES string of the molecule is CCCC(NS(=O)(=O)c1cc(Br)c(C)cc1Br)C(N)=S. The number of aryl methyl sites for hydroxylation is 1. The van der Waals surface area contributed by atoms with Crippen LogP contribution >= 0.6 is 44.1 Å². The monoisotopic (exact) mass is 442 g/mol. The van der Waals surface area contributed by atoms with Crippen LogP contribution in [0.3, 0.4) is 0 Å². The van der Waals surface area contributed by atoms with Crippen molar-refractivity contribution in [3.05, 3.63) is 26.6 Å². The maximum absolute atomic E-state index is 12.4. The van der Waals surface area contributed by atoms with Gasteiger partial charge in [-0.2, -0.15) is 0 Å². The number of sulfonamides is 1. The highest BCUT2D eigenvalue weighted by atomic mass is 79.9. The fourth-order valence-electron chi connectivity index (χ4n) is 1.63. The van der Waals surface area contributed by atoms with Gasteiger partial charge in [-0.25, -0.2) is 13.1 Å². The summed E-state index contributed by atoms with van der Waals surface area (Å²) in [7, 11) is -3.69. The van der Waals surface area contributed by atoms with E-state index in [1.807, 2.05) is 13.8 Å². The second kappa shape index (κ2) is 7.31. The number of hydrogen-bond donors (Lipinski definition) is 2. The quantitative estimate of drug-likeness (QED) is 0.662. The minimum Gasteiger partial charge on any atom is -0.392 e. The predicted octanol–water partition coefficient (Wildman–Crippen LogP) is 3.25. The van der Waals surface area contributed by atoms with Gasteiger partial charge >= 0.3 is 0 Å². The Kier molecular flexibility index (Phi) is 6.59. The van der Waals surface area contributed by atoms with E-state index in [4.69, 9.17) is 18.0 Å². The molecule has 1 aromatic carbocycles. The fraction of sp³-hybridized carbons (Fsp3) is 0.417. The number of thiocarbonyl (C=S) groups is 1. The first-order chi connectivity index (χ1) is 9.19. The minimum atomic E-state index is -3.69. The molecule has 3 N–H and O–H groups in total. The van der Waals surface area contributed by atoms with Crippen LogP contribution in [-0.4, -0.2) is 19.4 Å². The number of halogens is 2. The second-order valence-electron chi connectivity index (χ2n) is 4.40. The third-order valence-corrected chi connectivity index (χ3v) is 6.29. The average Bonchev–Trinajstić information content (AvgIpc) is 2.32. The molecule has 0 heterocycles. The first-order valence-electron chi connectivity index (χ1n) is 5.96. The van der Waals surface area contributed by atoms with Gasteiger partial charge in [-0.15, -0.1) is 0 Å². The van der Waals surface area contributed by atoms with Crippen molar-refractivity contribution in [1.29, 1.82) is 0 Å². The van der Waals surface area contributed by atoms with E-state index in [1.165, 1.54) is 0 Å². The highest BCUT2D eigenvalue weighted by molar-refractivity contribution is 9.11. The summed E-state index contributed by atoms with van der Waals surface area (Å²) in [5.41, 5.74) is 6.52. The van der Waals surface area contributed by atoms with Gasteiger partial charge in [-0.3, -0.25) is 0 Å². The Bertz CT molecular complexity index is 618. The molecule has 1 rings (SSSR count). The van der Waals surface area contributed by atoms with E-state index < -0.39 is 16.1 Å². The van der Waals surface area contributed by atoms with E-state index in [-0.39, 0.29) is 9.88 Å². The van der Waals surface area contributed by atoms with Gasteiger partial charge in [0, 0.05) is 8.95 Å². The Labute approximate surface area is 141 Å². The summed E-state index contributed by atoms with van der Waals surface area (Å²) >= 11 is 11.5. The number of benzene rings is 1. The second-order valence-corrected chi connectivity index (χ2v) is 8.26. The standard InChI is InChI=1S/C12H16Br2N2O2S2/c1-3-4-10(12(15)19)16-20(17,18)11-6-8(13)7(2)5-9(11)14/h5-6,10,16H,3-4H2,1-2H3,(H2,15,19). The molecule has 1 aromatic rings. The summed E-state index contributed by atoms with van der Waals surface area (Å²) in [5, 5.41) is 0. The molecule has 0 amide bonds. The zero-order valence-electron chi connectivity index (χ0n) is 11.1. The van der Waals surface area contributed by atoms with Crippen LogP contribution in [0.1, 0.15) is 25.3 Å². The van der Waals surface area contributed by atoms with Crippen molar-refractivity contribution in [3.8, 4) is 0 Å². The van der Waals surface area contributed by atoms with Crippen molar-refractivity contribution >= 4 is 59.1 Å². The largest absolute Gasteiger partial charge is 0.392 e. The highest BCUT2D eigenvalue weighted by Gasteiger charge is 2.24. The molecule has 0 radical (unpaired) electrons. The van der Waals surface area contributed by atoms with Gasteiger partial charge in [-0.1, -0.05) is 41.5 Å². The summed E-state index contributed by atoms with van der Waals surface area (Å²) in [6, 6.07) is 2.77. The van der Waals surface area contributed by atoms with Crippen LogP contribution in [0.2, 0.25) is 0 Å². The van der Waals surface area contributed by atoms with Gasteiger partial charge < -0.3 is 5.73 Å². The lowest BCUT2D eigenvalue weighted by molar-refractivity contribution is 0.566. The third kappa shape index (κ3) is 4.49. The molecule has 0 aliphatic heterocycles. The van der Waals surface area contributed by atoms with E-state index in [0.717, 1.165) is 16.5 Å². The zero-order chi connectivity index (χ0) is 15.5. The molecule has 20 heavy (non-hydrogen) atoms. The van der Waals surface area contributed by atoms with Gasteiger partial charge in [-0.05, 0) is 47.0 Å². The van der Waals surface area contributed by atoms with Crippen LogP contribution in [0, 0.1) is 6.92 Å². The molecule has 0 saturated carbocycles. The Hall–Kier alpha value is -0.0200. The lowest BCUT2D eigenvalue weighted by Crippen LogP contribution is -2.43. The van der Waals surface area contributed by atoms with Crippen molar-refractivity contribution in [2.24, 2.45) is 5.73 Å². The molecule has 0 aliphatic carbocycles. The van der Waals surface area contributed by atoms with Gasteiger partial charge in [0.2, 0.25) is 10.0 Å². The number of nitrogens with one attached hydrogen (secondary N) is 1. The Morgan fingerprint density at radius 1 is 1.40 bits per heavy atom. The summed E-state index contributed by atoms with van der Waals surface area (Å²) in [6.45, 7) is 3.82. The number of hydrogen-bond acceptors (Lipinski definition) is 3. The van der Waals surface area contributed by atoms with E-state index in [9.17, 15) is 8.42 Å². The zero-order valence-corrected chi connectivity index (χ0v) is 15.9. The minimum absolute atomic E-state index is 0.151. The highest BCUT2D eigenvalue weighted by Crippen LogP contribution is 2.29. The molecule has 8 heteroatoms. The molecule has 0 fully saturated rings. The molecule has 0 saturated heterocycles. The Balaban J connectivity index is 3.17. The van der Waals surface area contributed by atoms with Crippen molar-refractivity contribution < 1.29 is 8.42 Å². The van der Waals surface area contributed by atoms with Crippen LogP contribution in [0.5, 0.6) is 0 Å². The van der Waals surface area contributed by atoms with Crippen molar-refractivity contribution in [1.82, 2.24) is 4.72 Å². The molecule has 0 aromatic heterocycles. The maximum Gasteiger partial charge on any atom is 0.242 e. The summed E-state index contributed by atoms with van der Waals surface area (Å²) in [4.78, 5) is 0.310. The molecule has 112 valence electrons. The average molecular weight is 444 g/mol. The summed E-state index contributed by atoms with van der Waals surface area (Å²) in [5.74, 6) is 0. The van der Waals surface area contributed by atoms with E-state index in [0.29, 0.717) is 10.9 Å². The van der Waals surface area contributed by atoms with Crippen LogP contribution in [-0.2, 0) is 10.0 Å². The lowest BCUT2D eigenvalue weighted by atomic mass is 10.2. The van der Waals surface area contributed by atoms with Crippen LogP contribution in [0.25, 0.3) is 0 Å². The first-order valence-corrected chi connectivity index (χ1v) is 9.44. The van der Waals surface area contributed by atoms with Crippen LogP contribution in [0.15, 0.2) is 26.0 Å². The predicted molar refractivity (Wildman–Crippen MR) is 92.4 cm³/mol. The molecule has 0 spiro atoms. The molecule has 1 atom stereocenters. The molecular weight excluding hydrogens is 428 g/mol. The fourth-order valence-corrected chi connectivity index (χ4v) is 4.81. The normalized spacial score (nSPS) is 13.2.